The van der Waals surface area contributed by atoms with E-state index in [9.17, 15) is 14.9 Å². The Labute approximate surface area is 191 Å². The molecule has 9 nitrogen and oxygen atoms in total. The Balaban J connectivity index is 1.31. The van der Waals surface area contributed by atoms with Gasteiger partial charge < -0.3 is 4.90 Å². The summed E-state index contributed by atoms with van der Waals surface area (Å²) in [4.78, 5) is 34.4. The zero-order valence-electron chi connectivity index (χ0n) is 16.7. The maximum atomic E-state index is 13.0. The van der Waals surface area contributed by atoms with Gasteiger partial charge in [0.25, 0.3) is 11.6 Å². The molecule has 0 saturated carbocycles. The predicted octanol–water partition coefficient (Wildman–Crippen LogP) is 4.46. The topological polar surface area (TPSA) is 107 Å². The number of likely N-dealkylation sites (tertiary alicyclic amines) is 1. The zero-order chi connectivity index (χ0) is 22.2. The fourth-order valence-corrected chi connectivity index (χ4v) is 5.22. The van der Waals surface area contributed by atoms with Gasteiger partial charge in [-0.2, -0.15) is 5.10 Å². The molecule has 162 valence electrons. The lowest BCUT2D eigenvalue weighted by Crippen LogP contribution is -2.37. The van der Waals surface area contributed by atoms with Gasteiger partial charge in [-0.1, -0.05) is 11.6 Å². The van der Waals surface area contributed by atoms with Gasteiger partial charge in [0, 0.05) is 35.7 Å². The van der Waals surface area contributed by atoms with Crippen molar-refractivity contribution in [2.75, 3.05) is 13.1 Å². The molecule has 11 heteroatoms. The number of aromatic nitrogens is 4. The molecule has 1 aliphatic rings. The standard InChI is InChI=1S/C21H17ClN6O3S/c22-15-2-4-19-16(10-15)25-20(32-19)13-5-7-26(8-6-13)21(29)14-1-3-17(18(9-14)28(30)31)27-12-23-11-24-27/h1-4,9-13H,5-8H2. The van der Waals surface area contributed by atoms with E-state index in [1.165, 1.54) is 29.5 Å². The summed E-state index contributed by atoms with van der Waals surface area (Å²) in [6, 6.07) is 10.1. The molecule has 2 aromatic heterocycles. The van der Waals surface area contributed by atoms with E-state index in [-0.39, 0.29) is 28.8 Å². The molecular formula is C21H17ClN6O3S. The highest BCUT2D eigenvalue weighted by molar-refractivity contribution is 7.18. The summed E-state index contributed by atoms with van der Waals surface area (Å²) in [5.41, 5.74) is 1.26. The first-order chi connectivity index (χ1) is 15.5. The van der Waals surface area contributed by atoms with Crippen molar-refractivity contribution in [3.63, 3.8) is 0 Å². The Hall–Kier alpha value is -3.37. The number of nitro groups is 1. The summed E-state index contributed by atoms with van der Waals surface area (Å²) in [6.45, 7) is 1.14. The van der Waals surface area contributed by atoms with E-state index >= 15 is 0 Å². The molecule has 1 aliphatic heterocycles. The third-order valence-corrected chi connectivity index (χ3v) is 7.02. The second-order valence-corrected chi connectivity index (χ2v) is 9.03. The minimum atomic E-state index is -0.514. The summed E-state index contributed by atoms with van der Waals surface area (Å²) in [5, 5.41) is 17.2. The lowest BCUT2D eigenvalue weighted by molar-refractivity contribution is -0.384. The first kappa shape index (κ1) is 20.5. The minimum Gasteiger partial charge on any atom is -0.339 e. The van der Waals surface area contributed by atoms with E-state index in [2.05, 4.69) is 10.1 Å². The number of halogens is 1. The number of rotatable bonds is 4. The maximum Gasteiger partial charge on any atom is 0.295 e. The molecule has 0 unspecified atom stereocenters. The molecule has 0 aliphatic carbocycles. The number of thiazole rings is 1. The first-order valence-electron chi connectivity index (χ1n) is 9.98. The van der Waals surface area contributed by atoms with E-state index in [0.717, 1.165) is 28.1 Å². The Bertz CT molecular complexity index is 1310. The van der Waals surface area contributed by atoms with Crippen LogP contribution in [0.1, 0.15) is 34.1 Å². The summed E-state index contributed by atoms with van der Waals surface area (Å²) >= 11 is 7.73. The SMILES string of the molecule is O=C(c1ccc(-n2cncn2)c([N+](=O)[O-])c1)N1CCC(c2nc3cc(Cl)ccc3s2)CC1. The Kier molecular flexibility index (Phi) is 5.32. The van der Waals surface area contributed by atoms with Gasteiger partial charge in [-0.15, -0.1) is 11.3 Å². The quantitative estimate of drug-likeness (QED) is 0.323. The number of piperidine rings is 1. The Morgan fingerprint density at radius 1 is 1.19 bits per heavy atom. The van der Waals surface area contributed by atoms with Crippen LogP contribution in [0.5, 0.6) is 0 Å². The highest BCUT2D eigenvalue weighted by atomic mass is 35.5. The lowest BCUT2D eigenvalue weighted by atomic mass is 9.97. The predicted molar refractivity (Wildman–Crippen MR) is 121 cm³/mol. The van der Waals surface area contributed by atoms with Gasteiger partial charge >= 0.3 is 0 Å². The van der Waals surface area contributed by atoms with Crippen LogP contribution < -0.4 is 0 Å². The molecule has 0 bridgehead atoms. The lowest BCUT2D eigenvalue weighted by Gasteiger charge is -2.31. The molecule has 1 amide bonds. The molecule has 32 heavy (non-hydrogen) atoms. The largest absolute Gasteiger partial charge is 0.339 e. The van der Waals surface area contributed by atoms with Crippen LogP contribution in [-0.2, 0) is 0 Å². The third-order valence-electron chi connectivity index (χ3n) is 5.58. The highest BCUT2D eigenvalue weighted by Crippen LogP contribution is 2.35. The molecule has 5 rings (SSSR count). The van der Waals surface area contributed by atoms with Crippen LogP contribution in [0.4, 0.5) is 5.69 Å². The molecule has 0 atom stereocenters. The van der Waals surface area contributed by atoms with Gasteiger partial charge in [-0.25, -0.2) is 14.6 Å². The van der Waals surface area contributed by atoms with E-state index in [1.54, 1.807) is 22.3 Å². The number of benzene rings is 2. The third kappa shape index (κ3) is 3.82. The monoisotopic (exact) mass is 468 g/mol. The summed E-state index contributed by atoms with van der Waals surface area (Å²) in [7, 11) is 0. The number of carbonyl (C=O) groups excluding carboxylic acids is 1. The number of nitrogens with zero attached hydrogens (tertiary/aromatic N) is 6. The first-order valence-corrected chi connectivity index (χ1v) is 11.2. The van der Waals surface area contributed by atoms with Crippen molar-refractivity contribution in [2.24, 2.45) is 0 Å². The average Bonchev–Trinajstić information content (AvgIpc) is 3.48. The number of nitro benzene ring substituents is 1. The molecule has 0 spiro atoms. The number of amides is 1. The summed E-state index contributed by atoms with van der Waals surface area (Å²) < 4.78 is 2.41. The van der Waals surface area contributed by atoms with Crippen molar-refractivity contribution < 1.29 is 9.72 Å². The van der Waals surface area contributed by atoms with Crippen LogP contribution in [-0.4, -0.2) is 48.6 Å². The molecule has 4 aromatic rings. The van der Waals surface area contributed by atoms with Crippen molar-refractivity contribution in [1.82, 2.24) is 24.6 Å². The van der Waals surface area contributed by atoms with Crippen molar-refractivity contribution in [1.29, 1.82) is 0 Å². The van der Waals surface area contributed by atoms with Crippen molar-refractivity contribution >= 4 is 44.7 Å². The van der Waals surface area contributed by atoms with Crippen LogP contribution in [0.3, 0.4) is 0 Å². The highest BCUT2D eigenvalue weighted by Gasteiger charge is 2.28. The van der Waals surface area contributed by atoms with E-state index in [0.29, 0.717) is 18.1 Å². The van der Waals surface area contributed by atoms with Gasteiger partial charge in [-0.05, 0) is 43.2 Å². The van der Waals surface area contributed by atoms with Gasteiger partial charge in [0.05, 0.1) is 20.1 Å². The number of hydrogen-bond acceptors (Lipinski definition) is 7. The van der Waals surface area contributed by atoms with Crippen LogP contribution in [0.2, 0.25) is 5.02 Å². The van der Waals surface area contributed by atoms with Crippen LogP contribution in [0.15, 0.2) is 49.1 Å². The van der Waals surface area contributed by atoms with Crippen LogP contribution in [0.25, 0.3) is 15.9 Å². The summed E-state index contributed by atoms with van der Waals surface area (Å²) in [5.74, 6) is 0.0621. The fourth-order valence-electron chi connectivity index (χ4n) is 3.93. The minimum absolute atomic E-state index is 0.190. The average molecular weight is 469 g/mol. The van der Waals surface area contributed by atoms with Gasteiger partial charge in [0.2, 0.25) is 0 Å². The zero-order valence-corrected chi connectivity index (χ0v) is 18.3. The maximum absolute atomic E-state index is 13.0. The smallest absolute Gasteiger partial charge is 0.295 e. The fraction of sp³-hybridized carbons (Fsp3) is 0.238. The van der Waals surface area contributed by atoms with E-state index in [1.807, 2.05) is 18.2 Å². The van der Waals surface area contributed by atoms with Crippen molar-refractivity contribution in [3.8, 4) is 5.69 Å². The summed E-state index contributed by atoms with van der Waals surface area (Å²) in [6.07, 6.45) is 4.26. The van der Waals surface area contributed by atoms with Crippen molar-refractivity contribution in [2.45, 2.75) is 18.8 Å². The van der Waals surface area contributed by atoms with Gasteiger partial charge in [-0.3, -0.25) is 14.9 Å². The van der Waals surface area contributed by atoms with Crippen molar-refractivity contribution in [3.05, 3.63) is 74.8 Å². The Morgan fingerprint density at radius 3 is 2.72 bits per heavy atom. The molecule has 0 radical (unpaired) electrons. The van der Waals surface area contributed by atoms with E-state index in [4.69, 9.17) is 16.6 Å². The molecular weight excluding hydrogens is 452 g/mol. The second kappa shape index (κ2) is 8.29. The van der Waals surface area contributed by atoms with Crippen LogP contribution >= 0.6 is 22.9 Å². The Morgan fingerprint density at radius 2 is 2.00 bits per heavy atom. The number of fused-ring (bicyclic) bond motifs is 1. The molecule has 3 heterocycles. The van der Waals surface area contributed by atoms with Gasteiger partial charge in [0.15, 0.2) is 0 Å². The molecule has 2 aromatic carbocycles. The van der Waals surface area contributed by atoms with E-state index < -0.39 is 4.92 Å². The normalized spacial score (nSPS) is 14.7. The van der Waals surface area contributed by atoms with Crippen LogP contribution in [0, 0.1) is 10.1 Å². The second-order valence-electron chi connectivity index (χ2n) is 7.53. The van der Waals surface area contributed by atoms with Gasteiger partial charge in [0.1, 0.15) is 18.3 Å². The number of hydrogen-bond donors (Lipinski definition) is 0. The molecule has 1 saturated heterocycles. The molecule has 1 fully saturated rings. The number of carbonyl (C=O) groups is 1. The molecule has 0 N–H and O–H groups in total.